The van der Waals surface area contributed by atoms with Gasteiger partial charge in [0.1, 0.15) is 11.6 Å². The highest BCUT2D eigenvalue weighted by molar-refractivity contribution is 9.11. The maximum Gasteiger partial charge on any atom is 0.282 e. The third kappa shape index (κ3) is 5.46. The largest absolute Gasteiger partial charge is 0.488 e. The molecule has 1 atom stereocenters. The van der Waals surface area contributed by atoms with E-state index in [1.165, 1.54) is 4.68 Å². The van der Waals surface area contributed by atoms with Crippen molar-refractivity contribution < 1.29 is 4.74 Å². The van der Waals surface area contributed by atoms with Crippen LogP contribution in [0.15, 0.2) is 53.6 Å². The molecule has 0 aliphatic rings. The van der Waals surface area contributed by atoms with E-state index in [2.05, 4.69) is 59.8 Å². The van der Waals surface area contributed by atoms with E-state index in [1.807, 2.05) is 52.0 Å². The summed E-state index contributed by atoms with van der Waals surface area (Å²) in [5.74, 6) is 1.34. The average Bonchev–Trinajstić information content (AvgIpc) is 2.69. The number of hydrogen-bond donors (Lipinski definition) is 0. The molecule has 3 aromatic rings. The summed E-state index contributed by atoms with van der Waals surface area (Å²) in [5, 5.41) is 5.04. The van der Waals surface area contributed by atoms with Crippen LogP contribution in [0.5, 0.6) is 5.75 Å². The molecule has 0 saturated heterocycles. The lowest BCUT2D eigenvalue weighted by atomic mass is 9.95. The van der Waals surface area contributed by atoms with Crippen LogP contribution in [0.4, 0.5) is 0 Å². The molecule has 1 heterocycles. The molecule has 0 amide bonds. The summed E-state index contributed by atoms with van der Waals surface area (Å²) in [7, 11) is 0. The van der Waals surface area contributed by atoms with Crippen molar-refractivity contribution in [3.63, 3.8) is 0 Å². The zero-order chi connectivity index (χ0) is 22.9. The van der Waals surface area contributed by atoms with Crippen molar-refractivity contribution in [1.29, 1.82) is 0 Å². The summed E-state index contributed by atoms with van der Waals surface area (Å²) in [5.41, 5.74) is 0.896. The van der Waals surface area contributed by atoms with Crippen LogP contribution in [0.2, 0.25) is 0 Å². The van der Waals surface area contributed by atoms with E-state index in [0.29, 0.717) is 16.7 Å². The summed E-state index contributed by atoms with van der Waals surface area (Å²) in [6, 6.07) is 9.33. The van der Waals surface area contributed by atoms with E-state index in [1.54, 1.807) is 12.3 Å². The molecule has 2 aromatic carbocycles. The van der Waals surface area contributed by atoms with Crippen molar-refractivity contribution in [2.45, 2.75) is 52.6 Å². The Morgan fingerprint density at radius 1 is 1.16 bits per heavy atom. The van der Waals surface area contributed by atoms with Crippen LogP contribution in [-0.2, 0) is 5.41 Å². The lowest BCUT2D eigenvalue weighted by Gasteiger charge is -2.21. The highest BCUT2D eigenvalue weighted by Gasteiger charge is 2.23. The van der Waals surface area contributed by atoms with Gasteiger partial charge in [0.05, 0.1) is 32.2 Å². The fourth-order valence-electron chi connectivity index (χ4n) is 2.92. The smallest absolute Gasteiger partial charge is 0.282 e. The Balaban J connectivity index is 2.10. The molecule has 0 saturated carbocycles. The first-order valence-corrected chi connectivity index (χ1v) is 12.3. The molecule has 0 unspecified atom stereocenters. The first-order chi connectivity index (χ1) is 14.5. The quantitative estimate of drug-likeness (QED) is 0.290. The van der Waals surface area contributed by atoms with Crippen LogP contribution in [-0.4, -0.2) is 22.0 Å². The van der Waals surface area contributed by atoms with Gasteiger partial charge in [0.2, 0.25) is 0 Å². The van der Waals surface area contributed by atoms with Gasteiger partial charge in [-0.2, -0.15) is 9.78 Å². The van der Waals surface area contributed by atoms with Crippen molar-refractivity contribution in [3.8, 4) is 5.75 Å². The maximum absolute atomic E-state index is 13.3. The molecule has 0 bridgehead atoms. The van der Waals surface area contributed by atoms with Gasteiger partial charge < -0.3 is 4.74 Å². The molecule has 0 aliphatic carbocycles. The second-order valence-electron chi connectivity index (χ2n) is 8.36. The number of ether oxygens (including phenoxy) is 1. The van der Waals surface area contributed by atoms with E-state index < -0.39 is 0 Å². The second kappa shape index (κ2) is 9.55. The van der Waals surface area contributed by atoms with Crippen molar-refractivity contribution in [2.24, 2.45) is 5.10 Å². The molecule has 5 nitrogen and oxygen atoms in total. The highest BCUT2D eigenvalue weighted by atomic mass is 79.9. The number of hydrogen-bond acceptors (Lipinski definition) is 4. The van der Waals surface area contributed by atoms with Crippen LogP contribution >= 0.6 is 47.8 Å². The van der Waals surface area contributed by atoms with Gasteiger partial charge in [-0.05, 0) is 81.1 Å². The van der Waals surface area contributed by atoms with Crippen LogP contribution in [0, 0.1) is 0 Å². The number of benzene rings is 2. The number of halogens is 3. The number of rotatable bonds is 5. The first kappa shape index (κ1) is 24.1. The fourth-order valence-corrected chi connectivity index (χ4v) is 4.69. The molecule has 3 rings (SSSR count). The second-order valence-corrected chi connectivity index (χ2v) is 11.0. The molecule has 0 spiro atoms. The fraction of sp³-hybridized carbons (Fsp3) is 0.348. The molecule has 31 heavy (non-hydrogen) atoms. The lowest BCUT2D eigenvalue weighted by Crippen LogP contribution is -2.29. The Kier molecular flexibility index (Phi) is 7.43. The van der Waals surface area contributed by atoms with Crippen molar-refractivity contribution >= 4 is 64.9 Å². The van der Waals surface area contributed by atoms with Gasteiger partial charge in [-0.25, -0.2) is 4.98 Å². The zero-order valence-corrected chi connectivity index (χ0v) is 22.8. The number of fused-ring (bicyclic) bond motifs is 1. The van der Waals surface area contributed by atoms with Gasteiger partial charge in [-0.1, -0.05) is 43.6 Å². The molecule has 0 N–H and O–H groups in total. The Morgan fingerprint density at radius 3 is 2.39 bits per heavy atom. The number of nitrogens with zero attached hydrogens (tertiary/aromatic N) is 3. The minimum Gasteiger partial charge on any atom is -0.488 e. The molecule has 0 aliphatic heterocycles. The molecule has 0 radical (unpaired) electrons. The predicted octanol–water partition coefficient (Wildman–Crippen LogP) is 7.04. The highest BCUT2D eigenvalue weighted by Crippen LogP contribution is 2.35. The predicted molar refractivity (Wildman–Crippen MR) is 138 cm³/mol. The monoisotopic (exact) mass is 611 g/mol. The Morgan fingerprint density at radius 2 is 1.81 bits per heavy atom. The van der Waals surface area contributed by atoms with Crippen molar-refractivity contribution in [2.75, 3.05) is 0 Å². The number of aromatic nitrogens is 2. The van der Waals surface area contributed by atoms with Crippen LogP contribution in [0.25, 0.3) is 10.9 Å². The molecular formula is C23H24Br3N3O2. The Bertz CT molecular complexity index is 1190. The molecule has 164 valence electrons. The minimum absolute atomic E-state index is 0.100. The summed E-state index contributed by atoms with van der Waals surface area (Å²) >= 11 is 10.6. The Hall–Kier alpha value is -1.51. The lowest BCUT2D eigenvalue weighted by molar-refractivity contribution is 0.214. The van der Waals surface area contributed by atoms with Crippen LogP contribution in [0.3, 0.4) is 0 Å². The normalized spacial score (nSPS) is 13.2. The van der Waals surface area contributed by atoms with Gasteiger partial charge in [-0.15, -0.1) is 0 Å². The van der Waals surface area contributed by atoms with Gasteiger partial charge in [0.25, 0.3) is 5.56 Å². The van der Waals surface area contributed by atoms with E-state index in [-0.39, 0.29) is 17.1 Å². The molecule has 1 aromatic heterocycles. The minimum atomic E-state index is -0.368. The molecule has 8 heteroatoms. The summed E-state index contributed by atoms with van der Waals surface area (Å²) in [6.45, 7) is 10.1. The molecule has 0 fully saturated rings. The topological polar surface area (TPSA) is 56.5 Å². The average molecular weight is 614 g/mol. The zero-order valence-electron chi connectivity index (χ0n) is 18.0. The van der Waals surface area contributed by atoms with Crippen molar-refractivity contribution in [1.82, 2.24) is 9.66 Å². The summed E-state index contributed by atoms with van der Waals surface area (Å²) in [6.07, 6.45) is 2.67. The van der Waals surface area contributed by atoms with Crippen molar-refractivity contribution in [3.05, 3.63) is 65.5 Å². The van der Waals surface area contributed by atoms with Crippen LogP contribution in [0.1, 0.15) is 52.4 Å². The molecular weight excluding hydrogens is 590 g/mol. The van der Waals surface area contributed by atoms with E-state index >= 15 is 0 Å². The summed E-state index contributed by atoms with van der Waals surface area (Å²) in [4.78, 5) is 18.0. The van der Waals surface area contributed by atoms with E-state index in [9.17, 15) is 4.79 Å². The van der Waals surface area contributed by atoms with E-state index in [4.69, 9.17) is 9.72 Å². The van der Waals surface area contributed by atoms with Gasteiger partial charge in [-0.3, -0.25) is 4.79 Å². The first-order valence-electron chi connectivity index (χ1n) is 9.94. The van der Waals surface area contributed by atoms with Gasteiger partial charge in [0, 0.05) is 9.89 Å². The van der Waals surface area contributed by atoms with Gasteiger partial charge in [0.15, 0.2) is 0 Å². The standard InChI is InChI=1S/C23H24Br3N3O2/c1-6-13(2)31-20-17(25)9-14(10-18(20)26)12-27-29-21(30)16-11-15(24)7-8-19(16)28-22(29)23(3,4)5/h7-13H,6H2,1-5H3/t13-/m0/s1. The van der Waals surface area contributed by atoms with E-state index in [0.717, 1.165) is 31.2 Å². The summed E-state index contributed by atoms with van der Waals surface area (Å²) < 4.78 is 9.81. The third-order valence-corrected chi connectivity index (χ3v) is 6.39. The maximum atomic E-state index is 13.3. The SMILES string of the molecule is CC[C@H](C)Oc1c(Br)cc(C=Nn2c(C(C)(C)C)nc3ccc(Br)cc3c2=O)cc1Br. The third-order valence-electron chi connectivity index (χ3n) is 4.72. The van der Waals surface area contributed by atoms with Gasteiger partial charge >= 0.3 is 0 Å². The Labute approximate surface area is 207 Å². The van der Waals surface area contributed by atoms with Crippen LogP contribution < -0.4 is 10.3 Å².